The van der Waals surface area contributed by atoms with Gasteiger partial charge >= 0.3 is 24.7 Å². The van der Waals surface area contributed by atoms with Crippen LogP contribution in [0.1, 0.15) is 44.5 Å². The fraction of sp³-hybridized carbons (Fsp3) is 0.192. The fourth-order valence-corrected chi connectivity index (χ4v) is 9.71. The Morgan fingerprint density at radius 3 is 0.667 bits per heavy atom. The van der Waals surface area contributed by atoms with Gasteiger partial charge in [0, 0.05) is 32.9 Å². The molecule has 0 saturated carbocycles. The summed E-state index contributed by atoms with van der Waals surface area (Å²) in [5.74, 6) is 0. The molecule has 7 aromatic carbocycles. The molecule has 0 radical (unpaired) electrons. The molecule has 2 heterocycles. The average molecular weight is 917 g/mol. The van der Waals surface area contributed by atoms with E-state index < -0.39 is 57.8 Å². The molecule has 2 aromatic heterocycles. The number of hydrogen-bond acceptors (Lipinski definition) is 0. The zero-order valence-electron chi connectivity index (χ0n) is 35.3. The third kappa shape index (κ3) is 6.49. The lowest BCUT2D eigenvalue weighted by molar-refractivity contribution is -0.291. The Bertz CT molecular complexity index is 2960. The monoisotopic (exact) mass is 916 g/mol. The predicted octanol–water partition coefficient (Wildman–Crippen LogP) is 15.9. The van der Waals surface area contributed by atoms with E-state index in [4.69, 9.17) is 0 Å². The van der Waals surface area contributed by atoms with Gasteiger partial charge in [-0.2, -0.15) is 52.7 Å². The molecular weight excluding hydrogens is 881 g/mol. The summed E-state index contributed by atoms with van der Waals surface area (Å²) in [4.78, 5) is 0. The molecule has 9 rings (SSSR count). The number of nitrogens with zero attached hydrogens (tertiary/aromatic N) is 2. The number of hydrogen-bond donors (Lipinski definition) is 0. The van der Waals surface area contributed by atoms with Crippen LogP contribution in [-0.4, -0.2) is 33.8 Å². The van der Waals surface area contributed by atoms with Crippen LogP contribution in [0.15, 0.2) is 146 Å². The highest BCUT2D eigenvalue weighted by atomic mass is 19.4. The average Bonchev–Trinajstić information content (AvgIpc) is 3.71. The van der Waals surface area contributed by atoms with Crippen molar-refractivity contribution < 1.29 is 52.7 Å². The van der Waals surface area contributed by atoms with Gasteiger partial charge in [0.25, 0.3) is 0 Å². The lowest BCUT2D eigenvalue weighted by Crippen LogP contribution is -2.55. The summed E-state index contributed by atoms with van der Waals surface area (Å²) in [6.07, 6.45) is -24.8. The molecule has 0 atom stereocenters. The Balaban J connectivity index is 1.18. The van der Waals surface area contributed by atoms with Crippen LogP contribution in [0.25, 0.3) is 55.0 Å². The molecular formula is C52H36F12N2. The quantitative estimate of drug-likeness (QED) is 0.147. The molecule has 0 unspecified atom stereocenters. The van der Waals surface area contributed by atoms with E-state index in [1.165, 1.54) is 0 Å². The first-order valence-electron chi connectivity index (χ1n) is 20.5. The summed E-state index contributed by atoms with van der Waals surface area (Å²) in [5.41, 5.74) is -9.22. The first-order chi connectivity index (χ1) is 30.9. The van der Waals surface area contributed by atoms with Crippen molar-refractivity contribution in [2.45, 2.75) is 63.2 Å². The normalized spacial score (nSPS) is 13.5. The number of benzene rings is 7. The van der Waals surface area contributed by atoms with Gasteiger partial charge in [-0.05, 0) is 123 Å². The third-order valence-electron chi connectivity index (χ3n) is 12.7. The van der Waals surface area contributed by atoms with Crippen molar-refractivity contribution in [3.63, 3.8) is 0 Å². The van der Waals surface area contributed by atoms with Crippen molar-refractivity contribution >= 4 is 43.6 Å². The van der Waals surface area contributed by atoms with Crippen molar-refractivity contribution in [1.29, 1.82) is 0 Å². The Morgan fingerprint density at radius 2 is 0.470 bits per heavy atom. The number of aromatic nitrogens is 2. The second-order valence-electron chi connectivity index (χ2n) is 16.9. The van der Waals surface area contributed by atoms with Gasteiger partial charge in [-0.1, -0.05) is 95.1 Å². The van der Waals surface area contributed by atoms with Crippen LogP contribution in [-0.2, 0) is 10.8 Å². The van der Waals surface area contributed by atoms with Gasteiger partial charge in [0.2, 0.25) is 10.8 Å². The van der Waals surface area contributed by atoms with Gasteiger partial charge in [0.15, 0.2) is 0 Å². The van der Waals surface area contributed by atoms with E-state index in [1.807, 2.05) is 52.0 Å². The molecule has 9 aromatic rings. The molecule has 338 valence electrons. The maximum atomic E-state index is 15.4. The van der Waals surface area contributed by atoms with Crippen molar-refractivity contribution in [2.24, 2.45) is 0 Å². The summed E-state index contributed by atoms with van der Waals surface area (Å²) in [6.45, 7) is 7.47. The molecule has 2 nitrogen and oxygen atoms in total. The van der Waals surface area contributed by atoms with Crippen LogP contribution in [0.4, 0.5) is 52.7 Å². The van der Waals surface area contributed by atoms with Crippen molar-refractivity contribution in [3.8, 4) is 11.4 Å². The van der Waals surface area contributed by atoms with E-state index in [0.717, 1.165) is 68.1 Å². The van der Waals surface area contributed by atoms with Crippen LogP contribution in [0.3, 0.4) is 0 Å². The number of halogens is 12. The van der Waals surface area contributed by atoms with Gasteiger partial charge in [-0.3, -0.25) is 0 Å². The second-order valence-corrected chi connectivity index (χ2v) is 16.9. The van der Waals surface area contributed by atoms with Crippen LogP contribution < -0.4 is 0 Å². The van der Waals surface area contributed by atoms with Crippen LogP contribution in [0, 0.1) is 27.7 Å². The summed E-state index contributed by atoms with van der Waals surface area (Å²) < 4.78 is 188. The zero-order chi connectivity index (χ0) is 47.5. The highest BCUT2D eigenvalue weighted by Crippen LogP contribution is 2.59. The van der Waals surface area contributed by atoms with E-state index in [1.54, 1.807) is 57.7 Å². The maximum Gasteiger partial charge on any atom is 0.411 e. The molecule has 0 aliphatic heterocycles. The molecule has 0 spiro atoms. The zero-order valence-corrected chi connectivity index (χ0v) is 35.3. The minimum atomic E-state index is -6.19. The van der Waals surface area contributed by atoms with Gasteiger partial charge in [-0.15, -0.1) is 0 Å². The largest absolute Gasteiger partial charge is 0.411 e. The summed E-state index contributed by atoms with van der Waals surface area (Å²) in [7, 11) is 0. The molecule has 66 heavy (non-hydrogen) atoms. The Morgan fingerprint density at radius 1 is 0.273 bits per heavy atom. The standard InChI is InChI=1S/C52H36F12N2/c1-29-5-21-43-39(25-29)40-26-30(2)6-22-44(40)65(43)37-17-13-35(14-18-37)47(49(53,54)55,50(56,57)58)33-9-11-34(12-10-33)48(51(59,60)61,52(62,63)64)36-15-19-38(20-16-36)66-45-23-7-31(3)27-41(45)42-28-32(4)8-24-46(42)66/h5-28H,1-4H3. The lowest BCUT2D eigenvalue weighted by Gasteiger charge is -2.40. The van der Waals surface area contributed by atoms with Crippen molar-refractivity contribution in [2.75, 3.05) is 0 Å². The molecule has 0 aliphatic carbocycles. The molecule has 14 heteroatoms. The smallest absolute Gasteiger partial charge is 0.309 e. The SMILES string of the molecule is Cc1ccc2c(c1)c1cc(C)ccc1n2-c1ccc(C(c2ccc(C(c3ccc(-n4c5ccc(C)cc5c5cc(C)ccc54)cc3)(C(F)(F)F)C(F)(F)F)cc2)(C(F)(F)F)C(F)(F)F)cc1. The molecule has 0 aliphatic rings. The van der Waals surface area contributed by atoms with Gasteiger partial charge in [0.05, 0.1) is 22.1 Å². The summed E-state index contributed by atoms with van der Waals surface area (Å²) in [6, 6.07) is 28.9. The van der Waals surface area contributed by atoms with E-state index in [9.17, 15) is 0 Å². The van der Waals surface area contributed by atoms with E-state index >= 15 is 52.7 Å². The molecule has 0 N–H and O–H groups in total. The number of alkyl halides is 12. The number of rotatable bonds is 6. The first kappa shape index (κ1) is 44.5. The molecule has 0 saturated heterocycles. The summed E-state index contributed by atoms with van der Waals surface area (Å²) in [5, 5.41) is 3.15. The van der Waals surface area contributed by atoms with Crippen LogP contribution in [0.2, 0.25) is 0 Å². The Labute approximate surface area is 369 Å². The van der Waals surface area contributed by atoms with Gasteiger partial charge in [0.1, 0.15) is 0 Å². The van der Waals surface area contributed by atoms with E-state index in [0.29, 0.717) is 46.3 Å². The Hall–Kier alpha value is -6.70. The third-order valence-corrected chi connectivity index (χ3v) is 12.7. The van der Waals surface area contributed by atoms with Crippen molar-refractivity contribution in [3.05, 3.63) is 190 Å². The van der Waals surface area contributed by atoms with Crippen LogP contribution in [0.5, 0.6) is 0 Å². The minimum Gasteiger partial charge on any atom is -0.309 e. The first-order valence-corrected chi connectivity index (χ1v) is 20.5. The van der Waals surface area contributed by atoms with E-state index in [2.05, 4.69) is 0 Å². The fourth-order valence-electron chi connectivity index (χ4n) is 9.71. The van der Waals surface area contributed by atoms with E-state index in [-0.39, 0.29) is 35.6 Å². The number of fused-ring (bicyclic) bond motifs is 6. The molecule has 0 bridgehead atoms. The lowest BCUT2D eigenvalue weighted by atomic mass is 9.69. The number of aryl methyl sites for hydroxylation is 4. The molecule has 0 fully saturated rings. The maximum absolute atomic E-state index is 15.4. The van der Waals surface area contributed by atoms with Crippen molar-refractivity contribution in [1.82, 2.24) is 9.13 Å². The summed E-state index contributed by atoms with van der Waals surface area (Å²) >= 11 is 0. The van der Waals surface area contributed by atoms with Gasteiger partial charge in [-0.25, -0.2) is 0 Å². The van der Waals surface area contributed by atoms with Crippen LogP contribution >= 0.6 is 0 Å². The highest BCUT2D eigenvalue weighted by Gasteiger charge is 2.74. The minimum absolute atomic E-state index is 0.0462. The second kappa shape index (κ2) is 14.9. The molecule has 0 amide bonds. The predicted molar refractivity (Wildman–Crippen MR) is 233 cm³/mol. The Kier molecular flexibility index (Phi) is 10.1. The van der Waals surface area contributed by atoms with Gasteiger partial charge < -0.3 is 9.13 Å². The topological polar surface area (TPSA) is 9.86 Å². The highest BCUT2D eigenvalue weighted by molar-refractivity contribution is 6.10.